The summed E-state index contributed by atoms with van der Waals surface area (Å²) in [5, 5.41) is 3.17. The molecule has 1 aliphatic rings. The Labute approximate surface area is 169 Å². The van der Waals surface area contributed by atoms with E-state index in [1.54, 1.807) is 23.8 Å². The van der Waals surface area contributed by atoms with E-state index < -0.39 is 0 Å². The number of fused-ring (bicyclic) bond motifs is 1. The Morgan fingerprint density at radius 3 is 2.66 bits per heavy atom. The van der Waals surface area contributed by atoms with Crippen LogP contribution in [0.4, 0.5) is 0 Å². The van der Waals surface area contributed by atoms with Crippen molar-refractivity contribution in [3.05, 3.63) is 64.1 Å². The number of carbonyl (C=O) groups is 1. The molecule has 6 nitrogen and oxygen atoms in total. The van der Waals surface area contributed by atoms with Gasteiger partial charge in [-0.1, -0.05) is 31.9 Å². The standard InChI is InChI=1S/C23H27N3O3/c1-15-5-3-4-6-19(15)24-22(27)17-9-12-21-20(13-17)25-23(28)26(21)14-16-7-10-18(29-2)11-8-16/h7-13,15,19H,3-6,14H2,1-2H3,(H,24,27)(H,25,28)/t15-,19-/m0/s1. The van der Waals surface area contributed by atoms with Gasteiger partial charge in [0.1, 0.15) is 5.75 Å². The zero-order valence-electron chi connectivity index (χ0n) is 16.9. The Kier molecular flexibility index (Phi) is 5.43. The Balaban J connectivity index is 1.55. The number of imidazole rings is 1. The summed E-state index contributed by atoms with van der Waals surface area (Å²) < 4.78 is 6.86. The lowest BCUT2D eigenvalue weighted by molar-refractivity contribution is 0.0910. The maximum Gasteiger partial charge on any atom is 0.326 e. The third-order valence-corrected chi connectivity index (χ3v) is 5.96. The van der Waals surface area contributed by atoms with Gasteiger partial charge in [0.05, 0.1) is 24.7 Å². The van der Waals surface area contributed by atoms with Crippen molar-refractivity contribution in [2.75, 3.05) is 7.11 Å². The van der Waals surface area contributed by atoms with E-state index in [0.717, 1.165) is 36.1 Å². The van der Waals surface area contributed by atoms with E-state index in [1.165, 1.54) is 6.42 Å². The van der Waals surface area contributed by atoms with E-state index in [0.29, 0.717) is 23.5 Å². The minimum Gasteiger partial charge on any atom is -0.497 e. The van der Waals surface area contributed by atoms with Crippen LogP contribution in [0.15, 0.2) is 47.3 Å². The number of aromatic nitrogens is 2. The summed E-state index contributed by atoms with van der Waals surface area (Å²) in [5.74, 6) is 1.21. The summed E-state index contributed by atoms with van der Waals surface area (Å²) in [7, 11) is 1.63. The first kappa shape index (κ1) is 19.3. The number of hydrogen-bond acceptors (Lipinski definition) is 3. The average molecular weight is 393 g/mol. The topological polar surface area (TPSA) is 76.1 Å². The normalized spacial score (nSPS) is 19.2. The lowest BCUT2D eigenvalue weighted by Gasteiger charge is -2.29. The van der Waals surface area contributed by atoms with Crippen LogP contribution in [0, 0.1) is 5.92 Å². The van der Waals surface area contributed by atoms with Gasteiger partial charge in [-0.25, -0.2) is 4.79 Å². The summed E-state index contributed by atoms with van der Waals surface area (Å²) >= 11 is 0. The Hall–Kier alpha value is -3.02. The molecule has 0 unspecified atom stereocenters. The lowest BCUT2D eigenvalue weighted by Crippen LogP contribution is -2.41. The molecule has 2 N–H and O–H groups in total. The van der Waals surface area contributed by atoms with Crippen LogP contribution in [0.25, 0.3) is 11.0 Å². The molecule has 0 saturated heterocycles. The molecule has 0 radical (unpaired) electrons. The van der Waals surface area contributed by atoms with E-state index in [9.17, 15) is 9.59 Å². The van der Waals surface area contributed by atoms with Gasteiger partial charge in [0.25, 0.3) is 5.91 Å². The number of carbonyl (C=O) groups excluding carboxylic acids is 1. The molecule has 1 heterocycles. The van der Waals surface area contributed by atoms with Gasteiger partial charge in [-0.2, -0.15) is 0 Å². The van der Waals surface area contributed by atoms with Gasteiger partial charge in [0.15, 0.2) is 0 Å². The fourth-order valence-corrected chi connectivity index (χ4v) is 4.16. The minimum atomic E-state index is -0.186. The molecule has 0 bridgehead atoms. The zero-order valence-corrected chi connectivity index (χ0v) is 16.9. The highest BCUT2D eigenvalue weighted by molar-refractivity contribution is 5.97. The van der Waals surface area contributed by atoms with Gasteiger partial charge in [0, 0.05) is 11.6 Å². The summed E-state index contributed by atoms with van der Waals surface area (Å²) in [5.41, 5.74) is 2.85. The van der Waals surface area contributed by atoms with Crippen LogP contribution in [0.3, 0.4) is 0 Å². The zero-order chi connectivity index (χ0) is 20.4. The number of amides is 1. The van der Waals surface area contributed by atoms with Gasteiger partial charge in [-0.3, -0.25) is 9.36 Å². The van der Waals surface area contributed by atoms with Crippen molar-refractivity contribution in [3.8, 4) is 5.75 Å². The monoisotopic (exact) mass is 393 g/mol. The molecule has 2 aromatic carbocycles. The van der Waals surface area contributed by atoms with E-state index in [4.69, 9.17) is 4.74 Å². The van der Waals surface area contributed by atoms with E-state index >= 15 is 0 Å². The Bertz CT molecular complexity index is 1070. The van der Waals surface area contributed by atoms with Crippen molar-refractivity contribution in [2.24, 2.45) is 5.92 Å². The van der Waals surface area contributed by atoms with Crippen molar-refractivity contribution < 1.29 is 9.53 Å². The van der Waals surface area contributed by atoms with Gasteiger partial charge in [-0.15, -0.1) is 0 Å². The number of hydrogen-bond donors (Lipinski definition) is 2. The molecule has 6 heteroatoms. The Morgan fingerprint density at radius 2 is 1.93 bits per heavy atom. The Morgan fingerprint density at radius 1 is 1.17 bits per heavy atom. The van der Waals surface area contributed by atoms with E-state index in [2.05, 4.69) is 17.2 Å². The average Bonchev–Trinajstić information content (AvgIpc) is 3.04. The van der Waals surface area contributed by atoms with Crippen molar-refractivity contribution >= 4 is 16.9 Å². The third kappa shape index (κ3) is 4.06. The van der Waals surface area contributed by atoms with Crippen LogP contribution < -0.4 is 15.7 Å². The van der Waals surface area contributed by atoms with E-state index in [1.807, 2.05) is 30.3 Å². The van der Waals surface area contributed by atoms with Crippen molar-refractivity contribution in [1.29, 1.82) is 0 Å². The first-order chi connectivity index (χ1) is 14.0. The fraction of sp³-hybridized carbons (Fsp3) is 0.391. The van der Waals surface area contributed by atoms with Crippen molar-refractivity contribution in [3.63, 3.8) is 0 Å². The quantitative estimate of drug-likeness (QED) is 0.694. The summed E-state index contributed by atoms with van der Waals surface area (Å²) in [6, 6.07) is 13.3. The SMILES string of the molecule is COc1ccc(Cn2c(=O)[nH]c3cc(C(=O)N[C@H]4CCCC[C@@H]4C)ccc32)cc1. The highest BCUT2D eigenvalue weighted by Crippen LogP contribution is 2.24. The van der Waals surface area contributed by atoms with Crippen LogP contribution in [0.5, 0.6) is 5.75 Å². The molecule has 3 aromatic rings. The number of nitrogens with one attached hydrogen (secondary N) is 2. The summed E-state index contributed by atoms with van der Waals surface area (Å²) in [4.78, 5) is 28.1. The van der Waals surface area contributed by atoms with Crippen LogP contribution in [-0.4, -0.2) is 28.6 Å². The molecular formula is C23H27N3O3. The number of H-pyrrole nitrogens is 1. The first-order valence-electron chi connectivity index (χ1n) is 10.2. The molecule has 152 valence electrons. The second-order valence-electron chi connectivity index (χ2n) is 7.94. The summed E-state index contributed by atoms with van der Waals surface area (Å²) in [6.07, 6.45) is 4.59. The molecule has 1 saturated carbocycles. The van der Waals surface area contributed by atoms with Crippen LogP contribution >= 0.6 is 0 Å². The van der Waals surface area contributed by atoms with Crippen molar-refractivity contribution in [2.45, 2.75) is 45.2 Å². The molecule has 1 fully saturated rings. The molecule has 1 aromatic heterocycles. The molecule has 4 rings (SSSR count). The largest absolute Gasteiger partial charge is 0.497 e. The van der Waals surface area contributed by atoms with Gasteiger partial charge in [-0.05, 0) is 54.7 Å². The van der Waals surface area contributed by atoms with E-state index in [-0.39, 0.29) is 17.6 Å². The van der Waals surface area contributed by atoms with Gasteiger partial charge < -0.3 is 15.0 Å². The number of aromatic amines is 1. The number of rotatable bonds is 5. The highest BCUT2D eigenvalue weighted by atomic mass is 16.5. The number of benzene rings is 2. The second kappa shape index (κ2) is 8.15. The molecule has 2 atom stereocenters. The predicted molar refractivity (Wildman–Crippen MR) is 114 cm³/mol. The first-order valence-corrected chi connectivity index (χ1v) is 10.2. The molecule has 0 spiro atoms. The fourth-order valence-electron chi connectivity index (χ4n) is 4.16. The van der Waals surface area contributed by atoms with Crippen molar-refractivity contribution in [1.82, 2.24) is 14.9 Å². The summed E-state index contributed by atoms with van der Waals surface area (Å²) in [6.45, 7) is 2.65. The van der Waals surface area contributed by atoms with Crippen LogP contribution in [0.2, 0.25) is 0 Å². The molecule has 29 heavy (non-hydrogen) atoms. The maximum absolute atomic E-state index is 12.7. The third-order valence-electron chi connectivity index (χ3n) is 5.96. The predicted octanol–water partition coefficient (Wildman–Crippen LogP) is 3.70. The van der Waals surface area contributed by atoms with Gasteiger partial charge in [0.2, 0.25) is 0 Å². The molecular weight excluding hydrogens is 366 g/mol. The smallest absolute Gasteiger partial charge is 0.326 e. The number of ether oxygens (including phenoxy) is 1. The maximum atomic E-state index is 12.7. The number of methoxy groups -OCH3 is 1. The van der Waals surface area contributed by atoms with Crippen LogP contribution in [-0.2, 0) is 6.54 Å². The lowest BCUT2D eigenvalue weighted by atomic mass is 9.86. The second-order valence-corrected chi connectivity index (χ2v) is 7.94. The molecule has 0 aliphatic heterocycles. The number of nitrogens with zero attached hydrogens (tertiary/aromatic N) is 1. The van der Waals surface area contributed by atoms with Gasteiger partial charge >= 0.3 is 5.69 Å². The van der Waals surface area contributed by atoms with Crippen LogP contribution in [0.1, 0.15) is 48.5 Å². The highest BCUT2D eigenvalue weighted by Gasteiger charge is 2.23. The minimum absolute atomic E-state index is 0.0746. The molecule has 1 aliphatic carbocycles. The molecule has 1 amide bonds.